The van der Waals surface area contributed by atoms with Crippen LogP contribution in [0.1, 0.15) is 39.0 Å². The summed E-state index contributed by atoms with van der Waals surface area (Å²) in [7, 11) is 0. The third-order valence-corrected chi connectivity index (χ3v) is 4.72. The van der Waals surface area contributed by atoms with Crippen LogP contribution >= 0.6 is 0 Å². The summed E-state index contributed by atoms with van der Waals surface area (Å²) in [4.78, 5) is 48.0. The summed E-state index contributed by atoms with van der Waals surface area (Å²) in [6.07, 6.45) is 3.85. The zero-order valence-electron chi connectivity index (χ0n) is 15.6. The molecule has 9 heteroatoms. The molecular weight excluding hydrogens is 366 g/mol. The molecule has 0 aliphatic heterocycles. The van der Waals surface area contributed by atoms with Crippen molar-refractivity contribution in [3.05, 3.63) is 34.8 Å². The van der Waals surface area contributed by atoms with Gasteiger partial charge < -0.3 is 14.5 Å². The predicted molar refractivity (Wildman–Crippen MR) is 99.6 cm³/mol. The van der Waals surface area contributed by atoms with E-state index in [0.29, 0.717) is 11.1 Å². The fourth-order valence-corrected chi connectivity index (χ4v) is 3.26. The summed E-state index contributed by atoms with van der Waals surface area (Å²) in [6, 6.07) is 6.12. The molecule has 28 heavy (non-hydrogen) atoms. The van der Waals surface area contributed by atoms with E-state index >= 15 is 0 Å². The number of fused-ring (bicyclic) bond motifs is 1. The molecule has 2 aromatic rings. The van der Waals surface area contributed by atoms with Crippen LogP contribution in [0.4, 0.5) is 4.79 Å². The average Bonchev–Trinajstić information content (AvgIpc) is 2.97. The van der Waals surface area contributed by atoms with Crippen molar-refractivity contribution in [1.29, 1.82) is 0 Å². The number of nitrogens with zero attached hydrogens (tertiary/aromatic N) is 1. The number of benzene rings is 1. The lowest BCUT2D eigenvalue weighted by Crippen LogP contribution is -2.48. The zero-order chi connectivity index (χ0) is 20.1. The van der Waals surface area contributed by atoms with Crippen molar-refractivity contribution in [1.82, 2.24) is 15.2 Å². The maximum absolute atomic E-state index is 12.1. The van der Waals surface area contributed by atoms with Gasteiger partial charge in [-0.2, -0.15) is 0 Å². The van der Waals surface area contributed by atoms with Crippen LogP contribution in [0.5, 0.6) is 0 Å². The van der Waals surface area contributed by atoms with Crippen LogP contribution in [0.2, 0.25) is 0 Å². The van der Waals surface area contributed by atoms with Crippen molar-refractivity contribution in [3.63, 3.8) is 0 Å². The lowest BCUT2D eigenvalue weighted by atomic mass is 9.96. The van der Waals surface area contributed by atoms with E-state index in [2.05, 4.69) is 10.6 Å². The van der Waals surface area contributed by atoms with Crippen LogP contribution < -0.4 is 16.4 Å². The highest BCUT2D eigenvalue weighted by Crippen LogP contribution is 2.17. The number of hydrogen-bond acceptors (Lipinski definition) is 6. The van der Waals surface area contributed by atoms with Crippen LogP contribution in [0.15, 0.2) is 33.5 Å². The largest absolute Gasteiger partial charge is 0.451 e. The summed E-state index contributed by atoms with van der Waals surface area (Å²) in [6.45, 7) is 0.957. The number of amides is 3. The standard InChI is InChI=1S/C19H23N3O6/c1-12(17(24)21-18(25)20-13-7-3-2-4-8-13)27-16(23)11-22-14-9-5-6-10-15(14)28-19(22)26/h5-6,9-10,12-13H,2-4,7-8,11H2,1H3,(H2,20,21,24,25). The zero-order valence-corrected chi connectivity index (χ0v) is 15.6. The summed E-state index contributed by atoms with van der Waals surface area (Å²) in [5.74, 6) is -2.21. The third kappa shape index (κ3) is 4.79. The van der Waals surface area contributed by atoms with E-state index in [4.69, 9.17) is 9.15 Å². The van der Waals surface area contributed by atoms with E-state index in [1.807, 2.05) is 0 Å². The maximum atomic E-state index is 12.1. The maximum Gasteiger partial charge on any atom is 0.420 e. The van der Waals surface area contributed by atoms with Crippen molar-refractivity contribution in [2.24, 2.45) is 0 Å². The summed E-state index contributed by atoms with van der Waals surface area (Å²) >= 11 is 0. The fourth-order valence-electron chi connectivity index (χ4n) is 3.26. The Kier molecular flexibility index (Phi) is 6.13. The molecule has 1 aromatic heterocycles. The van der Waals surface area contributed by atoms with E-state index in [0.717, 1.165) is 36.7 Å². The van der Waals surface area contributed by atoms with Gasteiger partial charge in [0.2, 0.25) is 0 Å². The van der Waals surface area contributed by atoms with Gasteiger partial charge in [0.15, 0.2) is 11.7 Å². The number of nitrogens with one attached hydrogen (secondary N) is 2. The normalized spacial score (nSPS) is 15.8. The molecular formula is C19H23N3O6. The predicted octanol–water partition coefficient (Wildman–Crippen LogP) is 1.68. The monoisotopic (exact) mass is 389 g/mol. The number of oxazole rings is 1. The molecule has 1 aromatic carbocycles. The molecule has 0 bridgehead atoms. The second-order valence-corrected chi connectivity index (χ2v) is 6.85. The van der Waals surface area contributed by atoms with E-state index in [9.17, 15) is 19.2 Å². The number of aromatic nitrogens is 1. The van der Waals surface area contributed by atoms with Gasteiger partial charge in [-0.3, -0.25) is 19.5 Å². The molecule has 1 saturated carbocycles. The molecule has 1 atom stereocenters. The fraction of sp³-hybridized carbons (Fsp3) is 0.474. The Morgan fingerprint density at radius 2 is 1.93 bits per heavy atom. The quantitative estimate of drug-likeness (QED) is 0.751. The van der Waals surface area contributed by atoms with Gasteiger partial charge >= 0.3 is 17.8 Å². The van der Waals surface area contributed by atoms with Gasteiger partial charge in [0.25, 0.3) is 5.91 Å². The van der Waals surface area contributed by atoms with Crippen molar-refractivity contribution in [2.75, 3.05) is 0 Å². The first-order valence-electron chi connectivity index (χ1n) is 9.33. The SMILES string of the molecule is CC(OC(=O)Cn1c(=O)oc2ccccc21)C(=O)NC(=O)NC1CCCCC1. The number of carbonyl (C=O) groups is 3. The van der Waals surface area contributed by atoms with Crippen LogP contribution in [0, 0.1) is 0 Å². The smallest absolute Gasteiger partial charge is 0.420 e. The lowest BCUT2D eigenvalue weighted by molar-refractivity contribution is -0.155. The van der Waals surface area contributed by atoms with E-state index in [-0.39, 0.29) is 6.04 Å². The highest BCUT2D eigenvalue weighted by Gasteiger charge is 2.23. The number of urea groups is 1. The number of hydrogen-bond donors (Lipinski definition) is 2. The minimum Gasteiger partial charge on any atom is -0.451 e. The number of rotatable bonds is 5. The van der Waals surface area contributed by atoms with Crippen molar-refractivity contribution in [3.8, 4) is 0 Å². The molecule has 1 heterocycles. The molecule has 3 rings (SSSR count). The Labute approximate surface area is 161 Å². The van der Waals surface area contributed by atoms with Crippen molar-refractivity contribution < 1.29 is 23.5 Å². The van der Waals surface area contributed by atoms with Gasteiger partial charge in [-0.25, -0.2) is 9.59 Å². The van der Waals surface area contributed by atoms with Gasteiger partial charge in [0, 0.05) is 6.04 Å². The van der Waals surface area contributed by atoms with Gasteiger partial charge in [0.05, 0.1) is 5.52 Å². The van der Waals surface area contributed by atoms with Crippen molar-refractivity contribution in [2.45, 2.75) is 57.7 Å². The molecule has 9 nitrogen and oxygen atoms in total. The van der Waals surface area contributed by atoms with Crippen molar-refractivity contribution >= 4 is 29.0 Å². The van der Waals surface area contributed by atoms with E-state index in [1.54, 1.807) is 24.3 Å². The molecule has 1 unspecified atom stereocenters. The topological polar surface area (TPSA) is 120 Å². The Balaban J connectivity index is 1.51. The first-order valence-corrected chi connectivity index (χ1v) is 9.33. The van der Waals surface area contributed by atoms with Gasteiger partial charge in [0.1, 0.15) is 6.54 Å². The highest BCUT2D eigenvalue weighted by atomic mass is 16.5. The Hall–Kier alpha value is -3.10. The minimum atomic E-state index is -1.18. The second kappa shape index (κ2) is 8.73. The molecule has 2 N–H and O–H groups in total. The Morgan fingerprint density at radius 3 is 2.68 bits per heavy atom. The first-order chi connectivity index (χ1) is 13.4. The molecule has 150 valence electrons. The third-order valence-electron chi connectivity index (χ3n) is 4.72. The Morgan fingerprint density at radius 1 is 1.21 bits per heavy atom. The van der Waals surface area contributed by atoms with Gasteiger partial charge in [-0.1, -0.05) is 31.4 Å². The first kappa shape index (κ1) is 19.7. The average molecular weight is 389 g/mol. The van der Waals surface area contributed by atoms with Crippen LogP contribution in [0.3, 0.4) is 0 Å². The number of carbonyl (C=O) groups excluding carboxylic acids is 3. The van der Waals surface area contributed by atoms with E-state index < -0.39 is 36.3 Å². The summed E-state index contributed by atoms with van der Waals surface area (Å²) < 4.78 is 11.2. The van der Waals surface area contributed by atoms with Crippen LogP contribution in [-0.2, 0) is 20.9 Å². The summed E-state index contributed by atoms with van der Waals surface area (Å²) in [5.41, 5.74) is 0.805. The second-order valence-electron chi connectivity index (χ2n) is 6.85. The molecule has 0 spiro atoms. The van der Waals surface area contributed by atoms with E-state index in [1.165, 1.54) is 6.92 Å². The van der Waals surface area contributed by atoms with Gasteiger partial charge in [-0.05, 0) is 31.9 Å². The lowest BCUT2D eigenvalue weighted by Gasteiger charge is -2.23. The molecule has 1 fully saturated rings. The number of para-hydroxylation sites is 2. The number of esters is 1. The number of ether oxygens (including phenoxy) is 1. The van der Waals surface area contributed by atoms with Gasteiger partial charge in [-0.15, -0.1) is 0 Å². The molecule has 1 aliphatic carbocycles. The highest BCUT2D eigenvalue weighted by molar-refractivity contribution is 5.97. The minimum absolute atomic E-state index is 0.0562. The number of imide groups is 1. The molecule has 3 amide bonds. The van der Waals surface area contributed by atoms with Crippen LogP contribution in [-0.4, -0.2) is 34.6 Å². The molecule has 0 saturated heterocycles. The summed E-state index contributed by atoms with van der Waals surface area (Å²) in [5, 5.41) is 4.93. The molecule has 1 aliphatic rings. The molecule has 0 radical (unpaired) electrons. The Bertz CT molecular complexity index is 925. The van der Waals surface area contributed by atoms with Crippen LogP contribution in [0.25, 0.3) is 11.1 Å².